The van der Waals surface area contributed by atoms with E-state index >= 15 is 0 Å². The summed E-state index contributed by atoms with van der Waals surface area (Å²) in [7, 11) is 0. The molecule has 5 heteroatoms. The van der Waals surface area contributed by atoms with Gasteiger partial charge in [-0.25, -0.2) is 8.91 Å². The zero-order valence-electron chi connectivity index (χ0n) is 11.8. The Labute approximate surface area is 122 Å². The number of rotatable bonds is 4. The number of aromatic nitrogens is 2. The highest BCUT2D eigenvalue weighted by Crippen LogP contribution is 2.23. The number of hydrogen-bond donors (Lipinski definition) is 2. The summed E-state index contributed by atoms with van der Waals surface area (Å²) < 4.78 is 15.0. The number of nitrogens with two attached hydrogens (primary N) is 1. The topological polar surface area (TPSA) is 55.3 Å². The van der Waals surface area contributed by atoms with Crippen LogP contribution in [0.1, 0.15) is 22.7 Å². The van der Waals surface area contributed by atoms with E-state index in [1.165, 1.54) is 6.07 Å². The van der Waals surface area contributed by atoms with E-state index in [1.54, 1.807) is 12.1 Å². The largest absolute Gasteiger partial charge is 0.271 e. The zero-order chi connectivity index (χ0) is 14.8. The molecular formula is C16H17FN4. The first-order chi connectivity index (χ1) is 10.2. The first kappa shape index (κ1) is 13.7. The Balaban J connectivity index is 1.95. The van der Waals surface area contributed by atoms with Crippen molar-refractivity contribution in [1.29, 1.82) is 0 Å². The van der Waals surface area contributed by atoms with Gasteiger partial charge in [0.1, 0.15) is 5.82 Å². The third kappa shape index (κ3) is 2.66. The van der Waals surface area contributed by atoms with Crippen LogP contribution in [-0.4, -0.2) is 9.61 Å². The van der Waals surface area contributed by atoms with E-state index in [9.17, 15) is 4.39 Å². The van der Waals surface area contributed by atoms with E-state index < -0.39 is 0 Å². The minimum absolute atomic E-state index is 0.0749. The first-order valence-electron chi connectivity index (χ1n) is 6.82. The van der Waals surface area contributed by atoms with E-state index in [0.29, 0.717) is 6.42 Å². The molecule has 4 nitrogen and oxygen atoms in total. The van der Waals surface area contributed by atoms with Gasteiger partial charge in [0.05, 0.1) is 17.8 Å². The number of hydrazine groups is 1. The summed E-state index contributed by atoms with van der Waals surface area (Å²) >= 11 is 0. The van der Waals surface area contributed by atoms with E-state index in [-0.39, 0.29) is 11.9 Å². The lowest BCUT2D eigenvalue weighted by atomic mass is 9.97. The monoisotopic (exact) mass is 284 g/mol. The minimum atomic E-state index is -0.218. The number of nitrogens with zero attached hydrogens (tertiary/aromatic N) is 2. The van der Waals surface area contributed by atoms with Gasteiger partial charge in [0, 0.05) is 11.8 Å². The molecular weight excluding hydrogens is 267 g/mol. The van der Waals surface area contributed by atoms with Crippen LogP contribution < -0.4 is 11.3 Å². The Kier molecular flexibility index (Phi) is 3.68. The molecule has 0 amide bonds. The predicted octanol–water partition coefficient (Wildman–Crippen LogP) is 2.53. The molecule has 0 aliphatic heterocycles. The molecule has 2 aromatic heterocycles. The maximum atomic E-state index is 13.2. The Morgan fingerprint density at radius 2 is 2.19 bits per heavy atom. The lowest BCUT2D eigenvalue weighted by Gasteiger charge is -2.16. The summed E-state index contributed by atoms with van der Waals surface area (Å²) in [5.74, 6) is 5.50. The second-order valence-corrected chi connectivity index (χ2v) is 5.12. The van der Waals surface area contributed by atoms with Crippen LogP contribution >= 0.6 is 0 Å². The fourth-order valence-corrected chi connectivity index (χ4v) is 2.59. The SMILES string of the molecule is Cc1cc(F)ccc1CC(NN)c1cnn2ccccc12. The number of halogens is 1. The van der Waals surface area contributed by atoms with E-state index in [4.69, 9.17) is 5.84 Å². The maximum Gasteiger partial charge on any atom is 0.123 e. The van der Waals surface area contributed by atoms with Crippen molar-refractivity contribution in [2.24, 2.45) is 5.84 Å². The van der Waals surface area contributed by atoms with Crippen LogP contribution in [0.3, 0.4) is 0 Å². The van der Waals surface area contributed by atoms with Crippen molar-refractivity contribution in [3.8, 4) is 0 Å². The number of aryl methyl sites for hydroxylation is 1. The van der Waals surface area contributed by atoms with E-state index in [2.05, 4.69) is 10.5 Å². The molecule has 1 unspecified atom stereocenters. The fourth-order valence-electron chi connectivity index (χ4n) is 2.59. The lowest BCUT2D eigenvalue weighted by molar-refractivity contribution is 0.552. The molecule has 0 saturated heterocycles. The molecule has 108 valence electrons. The van der Waals surface area contributed by atoms with Gasteiger partial charge in [-0.1, -0.05) is 12.1 Å². The van der Waals surface area contributed by atoms with Gasteiger partial charge < -0.3 is 0 Å². The summed E-state index contributed by atoms with van der Waals surface area (Å²) in [6.07, 6.45) is 4.40. The molecule has 1 atom stereocenters. The summed E-state index contributed by atoms with van der Waals surface area (Å²) in [5.41, 5.74) is 6.87. The summed E-state index contributed by atoms with van der Waals surface area (Å²) in [4.78, 5) is 0. The second kappa shape index (κ2) is 5.63. The van der Waals surface area contributed by atoms with Gasteiger partial charge >= 0.3 is 0 Å². The smallest absolute Gasteiger partial charge is 0.123 e. The highest BCUT2D eigenvalue weighted by atomic mass is 19.1. The predicted molar refractivity (Wildman–Crippen MR) is 80.1 cm³/mol. The fraction of sp³-hybridized carbons (Fsp3) is 0.188. The Bertz CT molecular complexity index is 766. The average Bonchev–Trinajstić information content (AvgIpc) is 2.91. The van der Waals surface area contributed by atoms with Crippen LogP contribution in [-0.2, 0) is 6.42 Å². The van der Waals surface area contributed by atoms with Crippen LogP contribution in [0, 0.1) is 12.7 Å². The van der Waals surface area contributed by atoms with Crippen LogP contribution in [0.4, 0.5) is 4.39 Å². The molecule has 2 heterocycles. The standard InChI is InChI=1S/C16H17FN4/c1-11-8-13(17)6-5-12(11)9-15(20-18)14-10-19-21-7-3-2-4-16(14)21/h2-8,10,15,20H,9,18H2,1H3. The van der Waals surface area contributed by atoms with Gasteiger partial charge in [-0.05, 0) is 48.7 Å². The van der Waals surface area contributed by atoms with Crippen molar-refractivity contribution in [1.82, 2.24) is 15.0 Å². The normalized spacial score (nSPS) is 12.7. The van der Waals surface area contributed by atoms with Crippen LogP contribution in [0.5, 0.6) is 0 Å². The van der Waals surface area contributed by atoms with Gasteiger partial charge in [0.2, 0.25) is 0 Å². The van der Waals surface area contributed by atoms with Crippen molar-refractivity contribution in [2.45, 2.75) is 19.4 Å². The van der Waals surface area contributed by atoms with Crippen LogP contribution in [0.25, 0.3) is 5.52 Å². The van der Waals surface area contributed by atoms with Gasteiger partial charge in [-0.2, -0.15) is 5.10 Å². The lowest BCUT2D eigenvalue weighted by Crippen LogP contribution is -2.29. The molecule has 3 aromatic rings. The molecule has 0 aliphatic rings. The van der Waals surface area contributed by atoms with Crippen molar-refractivity contribution in [3.63, 3.8) is 0 Å². The van der Waals surface area contributed by atoms with Crippen molar-refractivity contribution >= 4 is 5.52 Å². The van der Waals surface area contributed by atoms with Crippen LogP contribution in [0.15, 0.2) is 48.8 Å². The molecule has 0 saturated carbocycles. The molecule has 3 N–H and O–H groups in total. The van der Waals surface area contributed by atoms with E-state index in [0.717, 1.165) is 22.2 Å². The van der Waals surface area contributed by atoms with Gasteiger partial charge in [-0.15, -0.1) is 0 Å². The van der Waals surface area contributed by atoms with Crippen molar-refractivity contribution in [3.05, 3.63) is 71.3 Å². The number of pyridine rings is 1. The summed E-state index contributed by atoms with van der Waals surface area (Å²) in [6.45, 7) is 1.90. The van der Waals surface area contributed by atoms with Crippen molar-refractivity contribution < 1.29 is 4.39 Å². The van der Waals surface area contributed by atoms with Crippen LogP contribution in [0.2, 0.25) is 0 Å². The number of benzene rings is 1. The third-order valence-electron chi connectivity index (χ3n) is 3.76. The molecule has 0 bridgehead atoms. The molecule has 0 radical (unpaired) electrons. The number of hydrogen-bond acceptors (Lipinski definition) is 3. The minimum Gasteiger partial charge on any atom is -0.271 e. The highest BCUT2D eigenvalue weighted by Gasteiger charge is 2.16. The van der Waals surface area contributed by atoms with E-state index in [1.807, 2.05) is 42.0 Å². The Morgan fingerprint density at radius 3 is 2.95 bits per heavy atom. The number of fused-ring (bicyclic) bond motifs is 1. The molecule has 21 heavy (non-hydrogen) atoms. The van der Waals surface area contributed by atoms with Gasteiger partial charge in [0.25, 0.3) is 0 Å². The average molecular weight is 284 g/mol. The summed E-state index contributed by atoms with van der Waals surface area (Å²) in [5, 5.41) is 4.33. The van der Waals surface area contributed by atoms with Gasteiger partial charge in [-0.3, -0.25) is 11.3 Å². The molecule has 1 aromatic carbocycles. The molecule has 3 rings (SSSR count). The Hall–Kier alpha value is -2.24. The zero-order valence-corrected chi connectivity index (χ0v) is 11.8. The molecule has 0 fully saturated rings. The Morgan fingerprint density at radius 1 is 1.33 bits per heavy atom. The molecule has 0 spiro atoms. The van der Waals surface area contributed by atoms with Crippen molar-refractivity contribution in [2.75, 3.05) is 0 Å². The first-order valence-corrected chi connectivity index (χ1v) is 6.82. The maximum absolute atomic E-state index is 13.2. The third-order valence-corrected chi connectivity index (χ3v) is 3.76. The number of nitrogens with one attached hydrogen (secondary N) is 1. The molecule has 0 aliphatic carbocycles. The quantitative estimate of drug-likeness (QED) is 0.572. The highest BCUT2D eigenvalue weighted by molar-refractivity contribution is 5.55. The second-order valence-electron chi connectivity index (χ2n) is 5.12. The summed E-state index contributed by atoms with van der Waals surface area (Å²) in [6, 6.07) is 10.7. The van der Waals surface area contributed by atoms with Gasteiger partial charge in [0.15, 0.2) is 0 Å².